The van der Waals surface area contributed by atoms with Gasteiger partial charge >= 0.3 is 0 Å². The minimum absolute atomic E-state index is 0.687. The molecule has 0 radical (unpaired) electrons. The lowest BCUT2D eigenvalue weighted by Crippen LogP contribution is -1.85. The zero-order chi connectivity index (χ0) is 8.53. The molecule has 0 heterocycles. The zero-order valence-electron chi connectivity index (χ0n) is 7.49. The molecule has 0 amide bonds. The summed E-state index contributed by atoms with van der Waals surface area (Å²) in [6, 6.07) is 0. The Morgan fingerprint density at radius 3 is 2.64 bits per heavy atom. The Bertz CT molecular complexity index is 155. The fraction of sp³-hybridized carbons (Fsp3) is 0.556. The first kappa shape index (κ1) is 10.1. The van der Waals surface area contributed by atoms with Crippen molar-refractivity contribution in [2.75, 3.05) is 7.05 Å². The molecule has 62 valence electrons. The van der Waals surface area contributed by atoms with Crippen molar-refractivity contribution in [3.63, 3.8) is 0 Å². The van der Waals surface area contributed by atoms with Crippen molar-refractivity contribution in [1.29, 1.82) is 0 Å². The number of rotatable bonds is 4. The monoisotopic (exact) mass is 152 g/mol. The molecule has 0 N–H and O–H groups in total. The minimum Gasteiger partial charge on any atom is -0.296 e. The molecule has 0 unspecified atom stereocenters. The van der Waals surface area contributed by atoms with E-state index < -0.39 is 0 Å². The Morgan fingerprint density at radius 2 is 2.09 bits per heavy atom. The lowest BCUT2D eigenvalue weighted by Gasteiger charge is -1.93. The fourth-order valence-corrected chi connectivity index (χ4v) is 0.507. The summed E-state index contributed by atoms with van der Waals surface area (Å²) in [5, 5.41) is 0. The van der Waals surface area contributed by atoms with E-state index in [-0.39, 0.29) is 0 Å². The fourth-order valence-electron chi connectivity index (χ4n) is 0.507. The van der Waals surface area contributed by atoms with Crippen LogP contribution in [0.1, 0.15) is 20.3 Å². The molecule has 2 nitrogen and oxygen atoms in total. The zero-order valence-corrected chi connectivity index (χ0v) is 7.49. The first-order valence-electron chi connectivity index (χ1n) is 3.86. The summed E-state index contributed by atoms with van der Waals surface area (Å²) in [6.45, 7) is 4.34. The SMILES string of the molecule is C\N=C/C=C\N=C/CC(C)C. The van der Waals surface area contributed by atoms with Gasteiger partial charge in [0.15, 0.2) is 0 Å². The predicted octanol–water partition coefficient (Wildman–Crippen LogP) is 2.32. The van der Waals surface area contributed by atoms with Gasteiger partial charge in [-0.15, -0.1) is 0 Å². The molecular formula is C9H16N2. The van der Waals surface area contributed by atoms with Gasteiger partial charge in [-0.1, -0.05) is 13.8 Å². The largest absolute Gasteiger partial charge is 0.296 e. The van der Waals surface area contributed by atoms with Crippen molar-refractivity contribution >= 4 is 12.4 Å². The van der Waals surface area contributed by atoms with E-state index in [1.807, 2.05) is 12.3 Å². The van der Waals surface area contributed by atoms with Crippen molar-refractivity contribution < 1.29 is 0 Å². The Morgan fingerprint density at radius 1 is 1.36 bits per heavy atom. The molecule has 0 bridgehead atoms. The predicted molar refractivity (Wildman–Crippen MR) is 51.5 cm³/mol. The summed E-state index contributed by atoms with van der Waals surface area (Å²) in [5.41, 5.74) is 0. The molecule has 0 saturated carbocycles. The van der Waals surface area contributed by atoms with Crippen LogP contribution in [0.5, 0.6) is 0 Å². The van der Waals surface area contributed by atoms with E-state index in [2.05, 4.69) is 23.8 Å². The lowest BCUT2D eigenvalue weighted by molar-refractivity contribution is 0.690. The Kier molecular flexibility index (Phi) is 6.59. The van der Waals surface area contributed by atoms with Crippen LogP contribution in [0, 0.1) is 5.92 Å². The highest BCUT2D eigenvalue weighted by molar-refractivity contribution is 5.71. The molecule has 0 aliphatic heterocycles. The average Bonchev–Trinajstić information content (AvgIpc) is 1.96. The second kappa shape index (κ2) is 7.19. The highest BCUT2D eigenvalue weighted by Crippen LogP contribution is 1.94. The van der Waals surface area contributed by atoms with E-state index >= 15 is 0 Å². The second-order valence-electron chi connectivity index (χ2n) is 2.71. The van der Waals surface area contributed by atoms with E-state index in [4.69, 9.17) is 0 Å². The van der Waals surface area contributed by atoms with Gasteiger partial charge in [0, 0.05) is 25.7 Å². The number of nitrogens with zero attached hydrogens (tertiary/aromatic N) is 2. The van der Waals surface area contributed by atoms with Gasteiger partial charge in [0.1, 0.15) is 0 Å². The molecule has 0 atom stereocenters. The maximum absolute atomic E-state index is 4.05. The molecule has 0 aromatic rings. The number of allylic oxidation sites excluding steroid dienone is 1. The van der Waals surface area contributed by atoms with Gasteiger partial charge in [0.2, 0.25) is 0 Å². The van der Waals surface area contributed by atoms with E-state index in [9.17, 15) is 0 Å². The highest BCUT2D eigenvalue weighted by atomic mass is 14.7. The average molecular weight is 152 g/mol. The summed E-state index contributed by atoms with van der Waals surface area (Å²) in [7, 11) is 1.74. The minimum atomic E-state index is 0.687. The van der Waals surface area contributed by atoms with E-state index in [0.717, 1.165) is 6.42 Å². The van der Waals surface area contributed by atoms with Gasteiger partial charge < -0.3 is 0 Å². The molecule has 2 heteroatoms. The quantitative estimate of drug-likeness (QED) is 0.552. The molecular weight excluding hydrogens is 136 g/mol. The first-order chi connectivity index (χ1) is 5.27. The third-order valence-electron chi connectivity index (χ3n) is 1.09. The van der Waals surface area contributed by atoms with E-state index in [1.54, 1.807) is 19.5 Å². The molecule has 0 aromatic heterocycles. The topological polar surface area (TPSA) is 24.7 Å². The maximum atomic E-state index is 4.05. The molecule has 0 rings (SSSR count). The highest BCUT2D eigenvalue weighted by Gasteiger charge is 1.85. The van der Waals surface area contributed by atoms with Gasteiger partial charge in [-0.3, -0.25) is 9.98 Å². The van der Waals surface area contributed by atoms with Crippen LogP contribution in [0.15, 0.2) is 22.3 Å². The summed E-state index contributed by atoms with van der Waals surface area (Å²) >= 11 is 0. The van der Waals surface area contributed by atoms with Crippen LogP contribution in [0.4, 0.5) is 0 Å². The molecule has 0 spiro atoms. The van der Waals surface area contributed by atoms with E-state index in [1.165, 1.54) is 0 Å². The standard InChI is InChI=1S/C9H16N2/c1-9(2)5-8-11-7-4-6-10-3/h4,6-9H,5H2,1-3H3/b7-4-,10-6-,11-8-. The van der Waals surface area contributed by atoms with Crippen LogP contribution in [0.2, 0.25) is 0 Å². The molecule has 0 saturated heterocycles. The van der Waals surface area contributed by atoms with Crippen molar-refractivity contribution in [2.45, 2.75) is 20.3 Å². The Balaban J connectivity index is 3.44. The molecule has 0 fully saturated rings. The number of hydrogen-bond donors (Lipinski definition) is 0. The molecule has 0 aliphatic rings. The molecule has 0 aliphatic carbocycles. The first-order valence-corrected chi connectivity index (χ1v) is 3.86. The Labute approximate surface area is 68.8 Å². The van der Waals surface area contributed by atoms with Crippen LogP contribution in [0.3, 0.4) is 0 Å². The smallest absolute Gasteiger partial charge is 0.0279 e. The van der Waals surface area contributed by atoms with Crippen LogP contribution >= 0.6 is 0 Å². The molecule has 0 aromatic carbocycles. The van der Waals surface area contributed by atoms with E-state index in [0.29, 0.717) is 5.92 Å². The normalized spacial score (nSPS) is 13.1. The van der Waals surface area contributed by atoms with Gasteiger partial charge in [-0.25, -0.2) is 0 Å². The van der Waals surface area contributed by atoms with Gasteiger partial charge in [0.05, 0.1) is 0 Å². The second-order valence-corrected chi connectivity index (χ2v) is 2.71. The summed E-state index contributed by atoms with van der Waals surface area (Å²) in [4.78, 5) is 7.83. The Hall–Kier alpha value is -0.920. The van der Waals surface area contributed by atoms with Gasteiger partial charge in [0.25, 0.3) is 0 Å². The lowest BCUT2D eigenvalue weighted by atomic mass is 10.2. The van der Waals surface area contributed by atoms with Crippen LogP contribution < -0.4 is 0 Å². The van der Waals surface area contributed by atoms with Crippen molar-refractivity contribution in [1.82, 2.24) is 0 Å². The number of hydrogen-bond acceptors (Lipinski definition) is 2. The third kappa shape index (κ3) is 9.08. The summed E-state index contributed by atoms with van der Waals surface area (Å²) in [6.07, 6.45) is 8.23. The molecule has 11 heavy (non-hydrogen) atoms. The van der Waals surface area contributed by atoms with Gasteiger partial charge in [-0.2, -0.15) is 0 Å². The summed E-state index contributed by atoms with van der Waals surface area (Å²) < 4.78 is 0. The third-order valence-corrected chi connectivity index (χ3v) is 1.09. The van der Waals surface area contributed by atoms with Crippen LogP contribution in [-0.2, 0) is 0 Å². The summed E-state index contributed by atoms with van der Waals surface area (Å²) in [5.74, 6) is 0.687. The van der Waals surface area contributed by atoms with Gasteiger partial charge in [-0.05, 0) is 18.4 Å². The maximum Gasteiger partial charge on any atom is 0.0279 e. The number of aliphatic imine (C=N–C) groups is 2. The van der Waals surface area contributed by atoms with Crippen LogP contribution in [0.25, 0.3) is 0 Å². The van der Waals surface area contributed by atoms with Crippen LogP contribution in [-0.4, -0.2) is 19.5 Å². The van der Waals surface area contributed by atoms with Crippen molar-refractivity contribution in [3.8, 4) is 0 Å². The van der Waals surface area contributed by atoms with Crippen molar-refractivity contribution in [2.24, 2.45) is 15.9 Å². The van der Waals surface area contributed by atoms with Crippen molar-refractivity contribution in [3.05, 3.63) is 12.3 Å².